The number of carboxylic acids is 1. The first-order valence-electron chi connectivity index (χ1n) is 5.31. The zero-order valence-electron chi connectivity index (χ0n) is 9.40. The van der Waals surface area contributed by atoms with Crippen LogP contribution in [0.5, 0.6) is 11.5 Å². The summed E-state index contributed by atoms with van der Waals surface area (Å²) >= 11 is 2.65. The second-order valence-electron chi connectivity index (χ2n) is 3.93. The number of fused-ring (bicyclic) bond motifs is 1. The summed E-state index contributed by atoms with van der Waals surface area (Å²) in [6.45, 7) is 0. The first-order chi connectivity index (χ1) is 9.04. The number of aromatic nitrogens is 1. The summed E-state index contributed by atoms with van der Waals surface area (Å²) in [5.41, 5.74) is 0.553. The van der Waals surface area contributed by atoms with Crippen LogP contribution in [-0.2, 0) is 4.79 Å². The third-order valence-corrected chi connectivity index (χ3v) is 4.81. The predicted molar refractivity (Wildman–Crippen MR) is 73.4 cm³/mol. The highest BCUT2D eigenvalue weighted by Gasteiger charge is 2.26. The van der Waals surface area contributed by atoms with Gasteiger partial charge in [-0.15, -0.1) is 23.1 Å². The Balaban J connectivity index is 2.03. The van der Waals surface area contributed by atoms with Gasteiger partial charge in [-0.1, -0.05) is 0 Å². The molecule has 3 rings (SSSR count). The van der Waals surface area contributed by atoms with Crippen LogP contribution < -0.4 is 0 Å². The molecular weight excluding hydrogens is 288 g/mol. The van der Waals surface area contributed by atoms with Gasteiger partial charge in [-0.2, -0.15) is 0 Å². The Labute approximate surface area is 115 Å². The number of thioether (sulfide) groups is 1. The Kier molecular flexibility index (Phi) is 2.83. The van der Waals surface area contributed by atoms with Crippen molar-refractivity contribution in [2.24, 2.45) is 4.99 Å². The van der Waals surface area contributed by atoms with Gasteiger partial charge in [0.1, 0.15) is 10.1 Å². The molecule has 0 unspecified atom stereocenters. The van der Waals surface area contributed by atoms with Crippen molar-refractivity contribution in [2.45, 2.75) is 6.04 Å². The Morgan fingerprint density at radius 3 is 2.74 bits per heavy atom. The molecule has 0 bridgehead atoms. The van der Waals surface area contributed by atoms with Gasteiger partial charge in [0, 0.05) is 17.9 Å². The normalized spacial score (nSPS) is 18.7. The molecule has 0 spiro atoms. The summed E-state index contributed by atoms with van der Waals surface area (Å²) in [5, 5.41) is 28.9. The maximum Gasteiger partial charge on any atom is 0.329 e. The molecule has 1 aromatic heterocycles. The highest BCUT2D eigenvalue weighted by atomic mass is 32.2. The summed E-state index contributed by atoms with van der Waals surface area (Å²) in [6.07, 6.45) is 0. The van der Waals surface area contributed by atoms with Crippen molar-refractivity contribution >= 4 is 44.3 Å². The van der Waals surface area contributed by atoms with Crippen LogP contribution in [0.25, 0.3) is 10.2 Å². The third-order valence-electron chi connectivity index (χ3n) is 2.60. The van der Waals surface area contributed by atoms with Crippen LogP contribution in [0.3, 0.4) is 0 Å². The first-order valence-corrected chi connectivity index (χ1v) is 7.11. The second kappa shape index (κ2) is 4.39. The van der Waals surface area contributed by atoms with Gasteiger partial charge in [-0.05, 0) is 0 Å². The number of thiazole rings is 1. The number of carboxylic acid groups (broad SMARTS) is 1. The molecule has 2 aromatic rings. The first kappa shape index (κ1) is 12.2. The summed E-state index contributed by atoms with van der Waals surface area (Å²) in [6, 6.07) is 2.08. The lowest BCUT2D eigenvalue weighted by atomic mass is 10.3. The topological polar surface area (TPSA) is 103 Å². The molecule has 1 aromatic carbocycles. The van der Waals surface area contributed by atoms with Crippen molar-refractivity contribution in [2.75, 3.05) is 5.75 Å². The number of rotatable bonds is 2. The van der Waals surface area contributed by atoms with E-state index in [9.17, 15) is 15.0 Å². The molecule has 98 valence electrons. The van der Waals surface area contributed by atoms with E-state index in [2.05, 4.69) is 9.98 Å². The number of nitrogens with zero attached hydrogens (tertiary/aromatic N) is 2. The summed E-state index contributed by atoms with van der Waals surface area (Å²) in [7, 11) is 0. The predicted octanol–water partition coefficient (Wildman–Crippen LogP) is 1.65. The van der Waals surface area contributed by atoms with Crippen molar-refractivity contribution < 1.29 is 20.1 Å². The molecule has 3 N–H and O–H groups in total. The molecule has 0 aliphatic carbocycles. The molecule has 0 saturated carbocycles. The number of phenols is 2. The average molecular weight is 296 g/mol. The van der Waals surface area contributed by atoms with E-state index in [0.29, 0.717) is 26.0 Å². The molecule has 2 heterocycles. The molecular formula is C11H8N2O4S2. The van der Waals surface area contributed by atoms with Crippen LogP contribution in [0.1, 0.15) is 5.01 Å². The number of aliphatic imine (C=N–C) groups is 1. The minimum atomic E-state index is -0.945. The minimum Gasteiger partial charge on any atom is -0.504 e. The van der Waals surface area contributed by atoms with Gasteiger partial charge in [0.2, 0.25) is 0 Å². The van der Waals surface area contributed by atoms with E-state index in [1.54, 1.807) is 0 Å². The van der Waals surface area contributed by atoms with E-state index in [1.807, 2.05) is 0 Å². The zero-order valence-corrected chi connectivity index (χ0v) is 11.0. The van der Waals surface area contributed by atoms with E-state index in [0.717, 1.165) is 0 Å². The monoisotopic (exact) mass is 296 g/mol. The highest BCUT2D eigenvalue weighted by Crippen LogP contribution is 2.35. The van der Waals surface area contributed by atoms with Crippen molar-refractivity contribution in [3.8, 4) is 11.5 Å². The molecule has 8 heteroatoms. The standard InChI is InChI=1S/C11H8N2O4S2/c14-6-1-4-8(2-7(6)15)19-10(12-4)9-13-5(3-18-9)11(16)17/h1-2,5,14-15H,3H2,(H,16,17)/t5-/m1/s1. The fraction of sp³-hybridized carbons (Fsp3) is 0.182. The lowest BCUT2D eigenvalue weighted by molar-refractivity contribution is -0.137. The maximum absolute atomic E-state index is 10.8. The van der Waals surface area contributed by atoms with Crippen LogP contribution in [0.15, 0.2) is 17.1 Å². The number of phenolic OH excluding ortho intramolecular Hbond substituents is 2. The third kappa shape index (κ3) is 2.13. The summed E-state index contributed by atoms with van der Waals surface area (Å²) in [4.78, 5) is 19.2. The van der Waals surface area contributed by atoms with Gasteiger partial charge >= 0.3 is 5.97 Å². The second-order valence-corrected chi connectivity index (χ2v) is 5.97. The Bertz CT molecular complexity index is 671. The molecule has 1 aliphatic heterocycles. The van der Waals surface area contributed by atoms with Gasteiger partial charge in [0.15, 0.2) is 17.5 Å². The minimum absolute atomic E-state index is 0.202. The molecule has 1 atom stereocenters. The number of aliphatic carboxylic acids is 1. The zero-order chi connectivity index (χ0) is 13.6. The Morgan fingerprint density at radius 1 is 1.32 bits per heavy atom. The number of benzene rings is 1. The van der Waals surface area contributed by atoms with Crippen molar-refractivity contribution in [1.82, 2.24) is 4.98 Å². The largest absolute Gasteiger partial charge is 0.504 e. The van der Waals surface area contributed by atoms with E-state index >= 15 is 0 Å². The van der Waals surface area contributed by atoms with Gasteiger partial charge < -0.3 is 15.3 Å². The van der Waals surface area contributed by atoms with Crippen LogP contribution in [-0.4, -0.2) is 43.1 Å². The number of aromatic hydroxyl groups is 2. The van der Waals surface area contributed by atoms with Crippen LogP contribution in [0, 0.1) is 0 Å². The van der Waals surface area contributed by atoms with Crippen molar-refractivity contribution in [3.63, 3.8) is 0 Å². The van der Waals surface area contributed by atoms with E-state index in [-0.39, 0.29) is 11.5 Å². The summed E-state index contributed by atoms with van der Waals surface area (Å²) < 4.78 is 0.715. The van der Waals surface area contributed by atoms with Crippen LogP contribution in [0.4, 0.5) is 0 Å². The smallest absolute Gasteiger partial charge is 0.329 e. The lowest BCUT2D eigenvalue weighted by Gasteiger charge is -1.94. The maximum atomic E-state index is 10.8. The van der Waals surface area contributed by atoms with E-state index in [4.69, 9.17) is 5.11 Å². The molecule has 6 nitrogen and oxygen atoms in total. The lowest BCUT2D eigenvalue weighted by Crippen LogP contribution is -2.17. The number of hydrogen-bond acceptors (Lipinski definition) is 7. The molecule has 0 radical (unpaired) electrons. The molecule has 19 heavy (non-hydrogen) atoms. The Morgan fingerprint density at radius 2 is 2.05 bits per heavy atom. The number of hydrogen-bond donors (Lipinski definition) is 3. The molecule has 0 amide bonds. The fourth-order valence-electron chi connectivity index (χ4n) is 1.66. The SMILES string of the molecule is O=C(O)[C@H]1CSC(c2nc3cc(O)c(O)cc3s2)=N1. The molecule has 0 fully saturated rings. The Hall–Kier alpha value is -1.80. The van der Waals surface area contributed by atoms with E-state index < -0.39 is 12.0 Å². The van der Waals surface area contributed by atoms with Crippen molar-refractivity contribution in [3.05, 3.63) is 17.1 Å². The molecule has 1 aliphatic rings. The van der Waals surface area contributed by atoms with Gasteiger partial charge in [-0.25, -0.2) is 9.78 Å². The average Bonchev–Trinajstić information content (AvgIpc) is 2.95. The van der Waals surface area contributed by atoms with Crippen LogP contribution >= 0.6 is 23.1 Å². The van der Waals surface area contributed by atoms with Gasteiger partial charge in [-0.3, -0.25) is 4.99 Å². The van der Waals surface area contributed by atoms with Gasteiger partial charge in [0.25, 0.3) is 0 Å². The van der Waals surface area contributed by atoms with E-state index in [1.165, 1.54) is 35.2 Å². The molecule has 0 saturated heterocycles. The fourth-order valence-corrected chi connectivity index (χ4v) is 3.74. The quantitative estimate of drug-likeness (QED) is 0.728. The summed E-state index contributed by atoms with van der Waals surface area (Å²) in [5.74, 6) is -0.975. The van der Waals surface area contributed by atoms with Crippen LogP contribution in [0.2, 0.25) is 0 Å². The van der Waals surface area contributed by atoms with Crippen molar-refractivity contribution in [1.29, 1.82) is 0 Å². The van der Waals surface area contributed by atoms with Gasteiger partial charge in [0.05, 0.1) is 10.2 Å². The number of carbonyl (C=O) groups is 1. The highest BCUT2D eigenvalue weighted by molar-refractivity contribution is 8.15.